The van der Waals surface area contributed by atoms with E-state index >= 15 is 0 Å². The van der Waals surface area contributed by atoms with Gasteiger partial charge in [-0.25, -0.2) is 0 Å². The Morgan fingerprint density at radius 1 is 1.03 bits per heavy atom. The zero-order chi connectivity index (χ0) is 20.2. The molecule has 1 N–H and O–H groups in total. The Balaban J connectivity index is 1.49. The largest absolute Gasteiger partial charge is 0.486 e. The number of nitrogens with zero attached hydrogens (tertiary/aromatic N) is 1. The van der Waals surface area contributed by atoms with Gasteiger partial charge >= 0.3 is 0 Å². The van der Waals surface area contributed by atoms with Gasteiger partial charge in [-0.1, -0.05) is 13.0 Å². The zero-order valence-electron chi connectivity index (χ0n) is 16.6. The molecule has 0 bridgehead atoms. The minimum Gasteiger partial charge on any atom is -0.486 e. The van der Waals surface area contributed by atoms with E-state index in [1.807, 2.05) is 4.90 Å². The van der Waals surface area contributed by atoms with Gasteiger partial charge in [-0.2, -0.15) is 0 Å². The van der Waals surface area contributed by atoms with Crippen LogP contribution in [-0.4, -0.2) is 42.5 Å². The van der Waals surface area contributed by atoms with Gasteiger partial charge in [0.1, 0.15) is 13.2 Å². The number of hydrogen-bond donors (Lipinski definition) is 1. The lowest BCUT2D eigenvalue weighted by Gasteiger charge is -2.35. The molecule has 2 heterocycles. The summed E-state index contributed by atoms with van der Waals surface area (Å²) in [6, 6.07) is 12.5. The lowest BCUT2D eigenvalue weighted by atomic mass is 9.98. The van der Waals surface area contributed by atoms with E-state index in [2.05, 4.69) is 12.2 Å². The SMILES string of the molecule is CCC1CCCCN1C(=O)c1cccc(C(=O)Nc2ccc3c(c2)OCCO3)c1. The number of hydrogen-bond acceptors (Lipinski definition) is 4. The summed E-state index contributed by atoms with van der Waals surface area (Å²) >= 11 is 0. The van der Waals surface area contributed by atoms with Crippen LogP contribution in [0.4, 0.5) is 5.69 Å². The molecular formula is C23H26N2O4. The Hall–Kier alpha value is -3.02. The Labute approximate surface area is 170 Å². The fourth-order valence-corrected chi connectivity index (χ4v) is 3.98. The molecule has 2 aromatic rings. The highest BCUT2D eigenvalue weighted by Crippen LogP contribution is 2.32. The first-order valence-corrected chi connectivity index (χ1v) is 10.3. The van der Waals surface area contributed by atoms with Crippen molar-refractivity contribution in [2.45, 2.75) is 38.6 Å². The van der Waals surface area contributed by atoms with Gasteiger partial charge in [0.2, 0.25) is 0 Å². The second-order valence-corrected chi connectivity index (χ2v) is 7.45. The van der Waals surface area contributed by atoms with Crippen molar-refractivity contribution in [1.82, 2.24) is 4.90 Å². The van der Waals surface area contributed by atoms with E-state index in [1.54, 1.807) is 42.5 Å². The van der Waals surface area contributed by atoms with E-state index in [1.165, 1.54) is 6.42 Å². The van der Waals surface area contributed by atoms with Crippen LogP contribution in [0, 0.1) is 0 Å². The lowest BCUT2D eigenvalue weighted by Crippen LogP contribution is -2.43. The van der Waals surface area contributed by atoms with Crippen molar-refractivity contribution in [3.63, 3.8) is 0 Å². The molecule has 1 fully saturated rings. The van der Waals surface area contributed by atoms with Crippen molar-refractivity contribution in [2.24, 2.45) is 0 Å². The first-order chi connectivity index (χ1) is 14.2. The number of nitrogens with one attached hydrogen (secondary N) is 1. The minimum atomic E-state index is -0.262. The molecule has 152 valence electrons. The molecule has 0 aliphatic carbocycles. The number of rotatable bonds is 4. The fourth-order valence-electron chi connectivity index (χ4n) is 3.98. The van der Waals surface area contributed by atoms with Crippen LogP contribution in [0.3, 0.4) is 0 Å². The van der Waals surface area contributed by atoms with Gasteiger partial charge in [-0.15, -0.1) is 0 Å². The maximum Gasteiger partial charge on any atom is 0.255 e. The number of piperidine rings is 1. The summed E-state index contributed by atoms with van der Waals surface area (Å²) in [4.78, 5) is 27.7. The first-order valence-electron chi connectivity index (χ1n) is 10.3. The molecule has 6 nitrogen and oxygen atoms in total. The average molecular weight is 394 g/mol. The summed E-state index contributed by atoms with van der Waals surface area (Å²) < 4.78 is 11.1. The first kappa shape index (κ1) is 19.3. The average Bonchev–Trinajstić information content (AvgIpc) is 2.78. The molecule has 2 amide bonds. The molecule has 0 saturated carbocycles. The van der Waals surface area contributed by atoms with Crippen LogP contribution in [0.2, 0.25) is 0 Å². The van der Waals surface area contributed by atoms with Gasteiger partial charge in [-0.05, 0) is 56.0 Å². The lowest BCUT2D eigenvalue weighted by molar-refractivity contribution is 0.0608. The van der Waals surface area contributed by atoms with E-state index in [-0.39, 0.29) is 17.9 Å². The number of amides is 2. The second-order valence-electron chi connectivity index (χ2n) is 7.45. The van der Waals surface area contributed by atoms with Crippen LogP contribution in [0.5, 0.6) is 11.5 Å². The van der Waals surface area contributed by atoms with Crippen molar-refractivity contribution in [1.29, 1.82) is 0 Å². The summed E-state index contributed by atoms with van der Waals surface area (Å²) in [6.45, 7) is 3.91. The van der Waals surface area contributed by atoms with Gasteiger partial charge in [-0.3, -0.25) is 9.59 Å². The molecule has 2 aromatic carbocycles. The normalized spacial score (nSPS) is 18.2. The molecular weight excluding hydrogens is 368 g/mol. The molecule has 2 aliphatic rings. The predicted octanol–water partition coefficient (Wildman–Crippen LogP) is 4.11. The van der Waals surface area contributed by atoms with Crippen LogP contribution >= 0.6 is 0 Å². The summed E-state index contributed by atoms with van der Waals surface area (Å²) in [7, 11) is 0. The summed E-state index contributed by atoms with van der Waals surface area (Å²) in [5.74, 6) is 1.04. The molecule has 4 rings (SSSR count). The number of likely N-dealkylation sites (tertiary alicyclic amines) is 1. The number of ether oxygens (including phenoxy) is 2. The number of anilines is 1. The van der Waals surface area contributed by atoms with Gasteiger partial charge in [0, 0.05) is 35.5 Å². The number of carbonyl (C=O) groups is 2. The molecule has 2 aliphatic heterocycles. The monoisotopic (exact) mass is 394 g/mol. The van der Waals surface area contributed by atoms with Crippen LogP contribution in [0.15, 0.2) is 42.5 Å². The van der Waals surface area contributed by atoms with E-state index < -0.39 is 0 Å². The molecule has 1 saturated heterocycles. The molecule has 6 heteroatoms. The van der Waals surface area contributed by atoms with E-state index in [9.17, 15) is 9.59 Å². The van der Waals surface area contributed by atoms with Gasteiger partial charge < -0.3 is 19.7 Å². The van der Waals surface area contributed by atoms with Crippen molar-refractivity contribution in [2.75, 3.05) is 25.1 Å². The third-order valence-corrected chi connectivity index (χ3v) is 5.53. The van der Waals surface area contributed by atoms with Crippen molar-refractivity contribution < 1.29 is 19.1 Å². The Kier molecular flexibility index (Phi) is 5.69. The molecule has 0 aromatic heterocycles. The van der Waals surface area contributed by atoms with Crippen molar-refractivity contribution in [3.8, 4) is 11.5 Å². The third-order valence-electron chi connectivity index (χ3n) is 5.53. The predicted molar refractivity (Wildman–Crippen MR) is 111 cm³/mol. The Morgan fingerprint density at radius 2 is 1.83 bits per heavy atom. The highest BCUT2D eigenvalue weighted by Gasteiger charge is 2.26. The smallest absolute Gasteiger partial charge is 0.255 e. The number of carbonyl (C=O) groups excluding carboxylic acids is 2. The maximum absolute atomic E-state index is 13.0. The van der Waals surface area contributed by atoms with E-state index in [4.69, 9.17) is 9.47 Å². The maximum atomic E-state index is 13.0. The topological polar surface area (TPSA) is 67.9 Å². The molecule has 0 radical (unpaired) electrons. The van der Waals surface area contributed by atoms with Gasteiger partial charge in [0.15, 0.2) is 11.5 Å². The number of benzene rings is 2. The van der Waals surface area contributed by atoms with E-state index in [0.717, 1.165) is 25.8 Å². The standard InChI is InChI=1S/C23H26N2O4/c1-2-19-8-3-4-11-25(19)23(27)17-7-5-6-16(14-17)22(26)24-18-9-10-20-21(15-18)29-13-12-28-20/h5-7,9-10,14-15,19H,2-4,8,11-13H2,1H3,(H,24,26). The van der Waals surface area contributed by atoms with Crippen LogP contribution in [-0.2, 0) is 0 Å². The molecule has 1 atom stereocenters. The quantitative estimate of drug-likeness (QED) is 0.847. The third kappa shape index (κ3) is 4.21. The van der Waals surface area contributed by atoms with Crippen LogP contribution < -0.4 is 14.8 Å². The zero-order valence-corrected chi connectivity index (χ0v) is 16.6. The Morgan fingerprint density at radius 3 is 2.66 bits per heavy atom. The van der Waals surface area contributed by atoms with Crippen molar-refractivity contribution in [3.05, 3.63) is 53.6 Å². The highest BCUT2D eigenvalue weighted by molar-refractivity contribution is 6.06. The van der Waals surface area contributed by atoms with Gasteiger partial charge in [0.05, 0.1) is 0 Å². The summed E-state index contributed by atoms with van der Waals surface area (Å²) in [5, 5.41) is 2.87. The fraction of sp³-hybridized carbons (Fsp3) is 0.391. The van der Waals surface area contributed by atoms with Gasteiger partial charge in [0.25, 0.3) is 11.8 Å². The molecule has 1 unspecified atom stereocenters. The minimum absolute atomic E-state index is 0.00512. The van der Waals surface area contributed by atoms with Crippen molar-refractivity contribution >= 4 is 17.5 Å². The second kappa shape index (κ2) is 8.55. The van der Waals surface area contributed by atoms with Crippen LogP contribution in [0.25, 0.3) is 0 Å². The molecule has 29 heavy (non-hydrogen) atoms. The molecule has 0 spiro atoms. The Bertz CT molecular complexity index is 912. The van der Waals surface area contributed by atoms with Crippen LogP contribution in [0.1, 0.15) is 53.3 Å². The van der Waals surface area contributed by atoms with E-state index in [0.29, 0.717) is 41.5 Å². The summed E-state index contributed by atoms with van der Waals surface area (Å²) in [5.41, 5.74) is 1.63. The summed E-state index contributed by atoms with van der Waals surface area (Å²) in [6.07, 6.45) is 4.20. The number of fused-ring (bicyclic) bond motifs is 1. The highest BCUT2D eigenvalue weighted by atomic mass is 16.6.